The van der Waals surface area contributed by atoms with E-state index in [1.54, 1.807) is 11.3 Å². The predicted molar refractivity (Wildman–Crippen MR) is 130 cm³/mol. The summed E-state index contributed by atoms with van der Waals surface area (Å²) in [6.07, 6.45) is -10.1. The van der Waals surface area contributed by atoms with E-state index in [2.05, 4.69) is 38.1 Å². The molecular formula is C23H25F9N4O6S. The molecule has 20 heteroatoms. The van der Waals surface area contributed by atoms with Gasteiger partial charge < -0.3 is 15.3 Å². The summed E-state index contributed by atoms with van der Waals surface area (Å²) in [5, 5.41) is 24.8. The van der Waals surface area contributed by atoms with Crippen LogP contribution < -0.4 is 0 Å². The molecule has 0 unspecified atom stereocenters. The number of aryl methyl sites for hydroxylation is 1. The van der Waals surface area contributed by atoms with Crippen molar-refractivity contribution in [2.75, 3.05) is 26.2 Å². The van der Waals surface area contributed by atoms with Crippen LogP contribution in [-0.4, -0.2) is 97.7 Å². The molecule has 2 aliphatic heterocycles. The third-order valence-corrected chi connectivity index (χ3v) is 6.37. The summed E-state index contributed by atoms with van der Waals surface area (Å²) in [6, 6.07) is 4.20. The Kier molecular flexibility index (Phi) is 13.3. The lowest BCUT2D eigenvalue weighted by Crippen LogP contribution is -2.56. The Hall–Kier alpha value is -3.52. The highest BCUT2D eigenvalue weighted by atomic mass is 32.1. The second kappa shape index (κ2) is 15.3. The molecule has 0 bridgehead atoms. The third-order valence-electron chi connectivity index (χ3n) is 5.54. The van der Waals surface area contributed by atoms with Gasteiger partial charge in [0.2, 0.25) is 0 Å². The largest absolute Gasteiger partial charge is 0.490 e. The quantitative estimate of drug-likeness (QED) is 0.404. The molecule has 1 spiro atoms. The second-order valence-electron chi connectivity index (χ2n) is 9.23. The van der Waals surface area contributed by atoms with Crippen LogP contribution in [0, 0.1) is 12.3 Å². The minimum Gasteiger partial charge on any atom is -0.475 e. The molecular weight excluding hydrogens is 631 g/mol. The van der Waals surface area contributed by atoms with Gasteiger partial charge in [-0.2, -0.15) is 39.5 Å². The van der Waals surface area contributed by atoms with Crippen LogP contribution in [0.2, 0.25) is 0 Å². The molecule has 10 nitrogen and oxygen atoms in total. The SMILES string of the molecule is Cc1nc(CN2CCC3(C2)CN(Cc2cccnc2)C3)cs1.O=C(O)C(F)(F)F.O=C(O)C(F)(F)F.O=C(O)C(F)(F)F. The number of aliphatic carboxylic acids is 3. The Morgan fingerprint density at radius 1 is 0.860 bits per heavy atom. The number of hydrogen-bond donors (Lipinski definition) is 3. The fraction of sp³-hybridized carbons (Fsp3) is 0.522. The monoisotopic (exact) mass is 656 g/mol. The lowest BCUT2D eigenvalue weighted by molar-refractivity contribution is -0.193. The minimum atomic E-state index is -5.08. The number of thiazole rings is 1. The number of carbonyl (C=O) groups is 3. The maximum absolute atomic E-state index is 10.6. The minimum absolute atomic E-state index is 0.535. The average molecular weight is 657 g/mol. The van der Waals surface area contributed by atoms with Crippen molar-refractivity contribution in [2.45, 2.75) is 45.0 Å². The fourth-order valence-electron chi connectivity index (χ4n) is 3.89. The summed E-state index contributed by atoms with van der Waals surface area (Å²) in [5.41, 5.74) is 3.10. The highest BCUT2D eigenvalue weighted by Gasteiger charge is 2.47. The molecule has 0 amide bonds. The number of aromatic nitrogens is 2. The molecule has 242 valence electrons. The van der Waals surface area contributed by atoms with E-state index >= 15 is 0 Å². The molecule has 2 aliphatic rings. The van der Waals surface area contributed by atoms with Crippen molar-refractivity contribution in [3.05, 3.63) is 46.2 Å². The zero-order chi connectivity index (χ0) is 33.2. The van der Waals surface area contributed by atoms with Crippen LogP contribution in [0.1, 0.15) is 22.7 Å². The van der Waals surface area contributed by atoms with Crippen molar-refractivity contribution in [2.24, 2.45) is 5.41 Å². The van der Waals surface area contributed by atoms with Crippen LogP contribution in [0.5, 0.6) is 0 Å². The summed E-state index contributed by atoms with van der Waals surface area (Å²) in [5.74, 6) is -8.27. The number of likely N-dealkylation sites (tertiary alicyclic amines) is 2. The van der Waals surface area contributed by atoms with Gasteiger partial charge in [-0.25, -0.2) is 19.4 Å². The molecule has 0 aromatic carbocycles. The van der Waals surface area contributed by atoms with Gasteiger partial charge in [0.1, 0.15) is 0 Å². The van der Waals surface area contributed by atoms with Crippen LogP contribution in [0.4, 0.5) is 39.5 Å². The summed E-state index contributed by atoms with van der Waals surface area (Å²) < 4.78 is 95.2. The Bertz CT molecular complexity index is 1140. The van der Waals surface area contributed by atoms with Crippen LogP contribution in [-0.2, 0) is 27.5 Å². The van der Waals surface area contributed by atoms with Gasteiger partial charge in [-0.3, -0.25) is 14.8 Å². The predicted octanol–water partition coefficient (Wildman–Crippen LogP) is 4.45. The molecule has 2 aromatic heterocycles. The van der Waals surface area contributed by atoms with Gasteiger partial charge in [-0.15, -0.1) is 11.3 Å². The third kappa shape index (κ3) is 14.0. The Morgan fingerprint density at radius 2 is 1.33 bits per heavy atom. The van der Waals surface area contributed by atoms with Gasteiger partial charge in [-0.05, 0) is 31.5 Å². The standard InChI is InChI=1S/C17H22N4S.3C2HF3O2/c1-14-19-16(10-22-14)9-20-6-4-17(11-20)12-21(13-17)8-15-3-2-5-18-7-15;3*3-2(4,5)1(6)7/h2-3,5,7,10H,4,6,8-9,11-13H2,1H3;3*(H,6,7). The molecule has 0 atom stereocenters. The Labute approximate surface area is 241 Å². The van der Waals surface area contributed by atoms with E-state index < -0.39 is 36.4 Å². The first-order valence-corrected chi connectivity index (χ1v) is 12.6. The molecule has 3 N–H and O–H groups in total. The molecule has 2 fully saturated rings. The molecule has 4 heterocycles. The summed E-state index contributed by atoms with van der Waals surface area (Å²) in [7, 11) is 0. The summed E-state index contributed by atoms with van der Waals surface area (Å²) in [4.78, 5) is 40.6. The van der Waals surface area contributed by atoms with Crippen molar-refractivity contribution in [3.63, 3.8) is 0 Å². The van der Waals surface area contributed by atoms with Crippen molar-refractivity contribution < 1.29 is 69.2 Å². The number of alkyl halides is 9. The molecule has 4 rings (SSSR count). The molecule has 2 saturated heterocycles. The highest BCUT2D eigenvalue weighted by Crippen LogP contribution is 2.40. The van der Waals surface area contributed by atoms with E-state index in [-0.39, 0.29) is 0 Å². The number of halogens is 9. The topological polar surface area (TPSA) is 144 Å². The van der Waals surface area contributed by atoms with E-state index in [4.69, 9.17) is 29.7 Å². The number of hydrogen-bond acceptors (Lipinski definition) is 8. The molecule has 0 radical (unpaired) electrons. The number of rotatable bonds is 4. The van der Waals surface area contributed by atoms with Gasteiger partial charge in [0.15, 0.2) is 0 Å². The van der Waals surface area contributed by atoms with Gasteiger partial charge in [0.25, 0.3) is 0 Å². The number of carboxylic acid groups (broad SMARTS) is 3. The maximum Gasteiger partial charge on any atom is 0.490 e. The number of carboxylic acids is 3. The normalized spacial score (nSPS) is 16.4. The average Bonchev–Trinajstić information content (AvgIpc) is 3.45. The van der Waals surface area contributed by atoms with E-state index in [0.29, 0.717) is 5.41 Å². The van der Waals surface area contributed by atoms with Gasteiger partial charge >= 0.3 is 36.4 Å². The van der Waals surface area contributed by atoms with Crippen LogP contribution in [0.25, 0.3) is 0 Å². The molecule has 43 heavy (non-hydrogen) atoms. The Balaban J connectivity index is 0.000000363. The van der Waals surface area contributed by atoms with E-state index in [1.165, 1.54) is 48.9 Å². The van der Waals surface area contributed by atoms with E-state index in [1.807, 2.05) is 18.5 Å². The van der Waals surface area contributed by atoms with Crippen LogP contribution in [0.15, 0.2) is 29.9 Å². The van der Waals surface area contributed by atoms with Crippen LogP contribution >= 0.6 is 11.3 Å². The molecule has 0 aliphatic carbocycles. The van der Waals surface area contributed by atoms with Gasteiger partial charge in [0, 0.05) is 55.9 Å². The first-order valence-electron chi connectivity index (χ1n) is 11.7. The summed E-state index contributed by atoms with van der Waals surface area (Å²) >= 11 is 1.76. The number of pyridine rings is 1. The zero-order valence-corrected chi connectivity index (χ0v) is 22.8. The van der Waals surface area contributed by atoms with Crippen molar-refractivity contribution >= 4 is 29.2 Å². The summed E-state index contributed by atoms with van der Waals surface area (Å²) in [6.45, 7) is 9.06. The lowest BCUT2D eigenvalue weighted by atomic mass is 9.79. The Morgan fingerprint density at radius 3 is 1.70 bits per heavy atom. The maximum atomic E-state index is 10.6. The van der Waals surface area contributed by atoms with Gasteiger partial charge in [0.05, 0.1) is 10.7 Å². The van der Waals surface area contributed by atoms with Crippen molar-refractivity contribution in [3.8, 4) is 0 Å². The van der Waals surface area contributed by atoms with Crippen molar-refractivity contribution in [1.29, 1.82) is 0 Å². The first kappa shape index (κ1) is 37.5. The smallest absolute Gasteiger partial charge is 0.475 e. The molecule has 2 aromatic rings. The van der Waals surface area contributed by atoms with E-state index in [9.17, 15) is 39.5 Å². The lowest BCUT2D eigenvalue weighted by Gasteiger charge is -2.48. The highest BCUT2D eigenvalue weighted by molar-refractivity contribution is 7.09. The number of nitrogens with zero attached hydrogens (tertiary/aromatic N) is 4. The second-order valence-corrected chi connectivity index (χ2v) is 10.3. The fourth-order valence-corrected chi connectivity index (χ4v) is 4.50. The van der Waals surface area contributed by atoms with E-state index in [0.717, 1.165) is 13.1 Å². The first-order chi connectivity index (χ1) is 19.5. The van der Waals surface area contributed by atoms with Crippen LogP contribution in [0.3, 0.4) is 0 Å². The van der Waals surface area contributed by atoms with Crippen molar-refractivity contribution in [1.82, 2.24) is 19.8 Å². The van der Waals surface area contributed by atoms with Gasteiger partial charge in [-0.1, -0.05) is 6.07 Å². The molecule has 0 saturated carbocycles. The zero-order valence-electron chi connectivity index (χ0n) is 22.0.